The molecule has 2 aromatic carbocycles. The van der Waals surface area contributed by atoms with E-state index < -0.39 is 24.0 Å². The summed E-state index contributed by atoms with van der Waals surface area (Å²) in [5.41, 5.74) is 1.48. The molecule has 0 saturated carbocycles. The van der Waals surface area contributed by atoms with Crippen LogP contribution in [0.1, 0.15) is 28.5 Å². The molecule has 32 heavy (non-hydrogen) atoms. The van der Waals surface area contributed by atoms with E-state index in [0.29, 0.717) is 10.7 Å². The summed E-state index contributed by atoms with van der Waals surface area (Å²) in [5, 5.41) is 7.46. The van der Waals surface area contributed by atoms with E-state index in [2.05, 4.69) is 10.4 Å². The lowest BCUT2D eigenvalue weighted by atomic mass is 10.2. The van der Waals surface area contributed by atoms with Crippen molar-refractivity contribution < 1.29 is 19.1 Å². The smallest absolute Gasteiger partial charge is 0.362 e. The average molecular weight is 456 g/mol. The summed E-state index contributed by atoms with van der Waals surface area (Å²) in [6.45, 7) is 3.46. The first-order valence-electron chi connectivity index (χ1n) is 9.90. The maximum atomic E-state index is 12.7. The summed E-state index contributed by atoms with van der Waals surface area (Å²) in [7, 11) is 0. The molecule has 0 aliphatic heterocycles. The lowest BCUT2D eigenvalue weighted by Gasteiger charge is -2.13. The summed E-state index contributed by atoms with van der Waals surface area (Å²) in [5.74, 6) is -1.32. The van der Waals surface area contributed by atoms with Gasteiger partial charge in [-0.05, 0) is 43.2 Å². The normalized spacial score (nSPS) is 10.5. The molecule has 8 nitrogen and oxygen atoms in total. The third-order valence-corrected chi connectivity index (χ3v) is 4.72. The molecule has 0 saturated heterocycles. The average Bonchev–Trinajstić information content (AvgIpc) is 2.78. The quantitative estimate of drug-likeness (QED) is 0.524. The van der Waals surface area contributed by atoms with Crippen molar-refractivity contribution in [3.8, 4) is 11.4 Å². The Kier molecular flexibility index (Phi) is 7.62. The largest absolute Gasteiger partial charge is 0.481 e. The van der Waals surface area contributed by atoms with Crippen molar-refractivity contribution in [1.29, 1.82) is 0 Å². The Morgan fingerprint density at radius 3 is 2.53 bits per heavy atom. The number of nitrogens with one attached hydrogen (secondary N) is 1. The first-order chi connectivity index (χ1) is 15.4. The molecule has 0 aliphatic carbocycles. The summed E-state index contributed by atoms with van der Waals surface area (Å²) in [6.07, 6.45) is 0. The topological polar surface area (TPSA) is 99.5 Å². The zero-order chi connectivity index (χ0) is 23.1. The van der Waals surface area contributed by atoms with Gasteiger partial charge in [0.25, 0.3) is 11.5 Å². The van der Waals surface area contributed by atoms with Crippen LogP contribution in [0, 0.1) is 6.92 Å². The van der Waals surface area contributed by atoms with Gasteiger partial charge in [-0.1, -0.05) is 41.9 Å². The van der Waals surface area contributed by atoms with Gasteiger partial charge in [0.2, 0.25) is 5.69 Å². The molecule has 0 unspecified atom stereocenters. The Hall–Kier alpha value is -3.65. The predicted molar refractivity (Wildman–Crippen MR) is 119 cm³/mol. The fourth-order valence-electron chi connectivity index (χ4n) is 2.86. The molecule has 166 valence electrons. The highest BCUT2D eigenvalue weighted by Crippen LogP contribution is 2.17. The molecule has 0 atom stereocenters. The zero-order valence-electron chi connectivity index (χ0n) is 17.6. The molecule has 1 heterocycles. The minimum absolute atomic E-state index is 0.116. The number of hydrogen-bond donors (Lipinski definition) is 1. The van der Waals surface area contributed by atoms with Gasteiger partial charge in [-0.2, -0.15) is 9.78 Å². The third-order valence-electron chi connectivity index (χ3n) is 4.47. The number of carbonyl (C=O) groups is 2. The lowest BCUT2D eigenvalue weighted by molar-refractivity contribution is -0.123. The van der Waals surface area contributed by atoms with E-state index in [9.17, 15) is 14.4 Å². The van der Waals surface area contributed by atoms with Gasteiger partial charge in [-0.25, -0.2) is 4.79 Å². The fraction of sp³-hybridized carbons (Fsp3) is 0.217. The van der Waals surface area contributed by atoms with E-state index in [1.54, 1.807) is 43.3 Å². The van der Waals surface area contributed by atoms with E-state index in [1.165, 1.54) is 0 Å². The molecule has 0 fully saturated rings. The minimum Gasteiger partial charge on any atom is -0.481 e. The molecule has 3 aromatic rings. The van der Waals surface area contributed by atoms with Crippen LogP contribution in [-0.2, 0) is 16.1 Å². The monoisotopic (exact) mass is 455 g/mol. The predicted octanol–water partition coefficient (Wildman–Crippen LogP) is 3.07. The highest BCUT2D eigenvalue weighted by atomic mass is 35.5. The number of halogens is 1. The maximum Gasteiger partial charge on any atom is 0.362 e. The summed E-state index contributed by atoms with van der Waals surface area (Å²) in [6, 6.07) is 15.3. The van der Waals surface area contributed by atoms with E-state index in [0.717, 1.165) is 21.9 Å². The summed E-state index contributed by atoms with van der Waals surface area (Å²) >= 11 is 5.85. The van der Waals surface area contributed by atoms with Crippen LogP contribution in [0.2, 0.25) is 5.02 Å². The van der Waals surface area contributed by atoms with E-state index in [-0.39, 0.29) is 24.6 Å². The van der Waals surface area contributed by atoms with Gasteiger partial charge in [0.1, 0.15) is 0 Å². The van der Waals surface area contributed by atoms with Crippen molar-refractivity contribution >= 4 is 23.5 Å². The van der Waals surface area contributed by atoms with Gasteiger partial charge >= 0.3 is 5.97 Å². The minimum atomic E-state index is -0.758. The van der Waals surface area contributed by atoms with Crippen molar-refractivity contribution in [2.75, 3.05) is 13.2 Å². The number of rotatable bonds is 8. The molecule has 9 heteroatoms. The van der Waals surface area contributed by atoms with E-state index in [1.807, 2.05) is 19.1 Å². The Labute approximate surface area is 189 Å². The number of carbonyl (C=O) groups excluding carboxylic acids is 2. The number of ether oxygens (including phenoxy) is 2. The first-order valence-corrected chi connectivity index (χ1v) is 10.3. The molecule has 1 N–H and O–H groups in total. The van der Waals surface area contributed by atoms with Crippen LogP contribution in [0.3, 0.4) is 0 Å². The molecular weight excluding hydrogens is 434 g/mol. The number of hydrogen-bond acceptors (Lipinski definition) is 6. The number of nitrogens with zero attached hydrogens (tertiary/aromatic N) is 2. The second kappa shape index (κ2) is 10.6. The third kappa shape index (κ3) is 5.73. The molecule has 0 spiro atoms. The highest BCUT2D eigenvalue weighted by Gasteiger charge is 2.21. The van der Waals surface area contributed by atoms with Crippen molar-refractivity contribution in [2.45, 2.75) is 20.4 Å². The number of aromatic nitrogens is 2. The standard InChI is InChI=1S/C23H22ClN3O5/c1-3-31-23(30)22-19(12-21(29)27(26-22)18-7-5-4-6-15(18)2)32-14-20(28)25-13-16-8-10-17(24)11-9-16/h4-12H,3,13-14H2,1-2H3,(H,25,28). The van der Waals surface area contributed by atoms with Crippen molar-refractivity contribution in [2.24, 2.45) is 0 Å². The Bertz CT molecular complexity index is 1170. The van der Waals surface area contributed by atoms with Crippen LogP contribution >= 0.6 is 11.6 Å². The van der Waals surface area contributed by atoms with Crippen LogP contribution in [-0.4, -0.2) is 34.9 Å². The fourth-order valence-corrected chi connectivity index (χ4v) is 2.99. The Balaban J connectivity index is 1.78. The lowest BCUT2D eigenvalue weighted by Crippen LogP contribution is -2.30. The maximum absolute atomic E-state index is 12.7. The van der Waals surface area contributed by atoms with Crippen LogP contribution in [0.25, 0.3) is 5.69 Å². The van der Waals surface area contributed by atoms with Crippen LogP contribution in [0.5, 0.6) is 5.75 Å². The molecule has 1 aromatic heterocycles. The van der Waals surface area contributed by atoms with E-state index in [4.69, 9.17) is 21.1 Å². The number of para-hydroxylation sites is 1. The first kappa shape index (κ1) is 23.0. The molecule has 3 rings (SSSR count). The van der Waals surface area contributed by atoms with Gasteiger partial charge in [0, 0.05) is 11.6 Å². The highest BCUT2D eigenvalue weighted by molar-refractivity contribution is 6.30. The van der Waals surface area contributed by atoms with Gasteiger partial charge in [0.15, 0.2) is 12.4 Å². The number of amides is 1. The van der Waals surface area contributed by atoms with Gasteiger partial charge < -0.3 is 14.8 Å². The molecule has 0 bridgehead atoms. The second-order valence-corrected chi connectivity index (χ2v) is 7.24. The van der Waals surface area contributed by atoms with E-state index >= 15 is 0 Å². The SMILES string of the molecule is CCOC(=O)c1nn(-c2ccccc2C)c(=O)cc1OCC(=O)NCc1ccc(Cl)cc1. The van der Waals surface area contributed by atoms with Crippen molar-refractivity contribution in [1.82, 2.24) is 15.1 Å². The molecular formula is C23H22ClN3O5. The molecule has 1 amide bonds. The molecule has 0 aliphatic rings. The summed E-state index contributed by atoms with van der Waals surface area (Å²) < 4.78 is 11.6. The van der Waals surface area contributed by atoms with Gasteiger partial charge in [0.05, 0.1) is 18.4 Å². The molecule has 0 radical (unpaired) electrons. The Morgan fingerprint density at radius 2 is 1.84 bits per heavy atom. The van der Waals surface area contributed by atoms with Crippen LogP contribution < -0.4 is 15.6 Å². The summed E-state index contributed by atoms with van der Waals surface area (Å²) in [4.78, 5) is 37.3. The Morgan fingerprint density at radius 1 is 1.12 bits per heavy atom. The van der Waals surface area contributed by atoms with Crippen molar-refractivity contribution in [3.05, 3.63) is 86.8 Å². The van der Waals surface area contributed by atoms with Gasteiger partial charge in [-0.15, -0.1) is 0 Å². The van der Waals surface area contributed by atoms with Crippen LogP contribution in [0.15, 0.2) is 59.4 Å². The zero-order valence-corrected chi connectivity index (χ0v) is 18.4. The van der Waals surface area contributed by atoms with Gasteiger partial charge in [-0.3, -0.25) is 9.59 Å². The number of esters is 1. The second-order valence-electron chi connectivity index (χ2n) is 6.81. The number of benzene rings is 2. The van der Waals surface area contributed by atoms with Crippen LogP contribution in [0.4, 0.5) is 0 Å². The number of aryl methyl sites for hydroxylation is 1. The van der Waals surface area contributed by atoms with Crippen molar-refractivity contribution in [3.63, 3.8) is 0 Å².